The highest BCUT2D eigenvalue weighted by molar-refractivity contribution is 5.85. The van der Waals surface area contributed by atoms with Crippen LogP contribution in [-0.4, -0.2) is 34.2 Å². The van der Waals surface area contributed by atoms with Crippen LogP contribution in [0.4, 0.5) is 0 Å². The number of hydrogen-bond donors (Lipinski definition) is 1. The van der Waals surface area contributed by atoms with Crippen LogP contribution < -0.4 is 5.73 Å². The van der Waals surface area contributed by atoms with Crippen molar-refractivity contribution in [3.63, 3.8) is 0 Å². The van der Waals surface area contributed by atoms with Gasteiger partial charge >= 0.3 is 0 Å². The number of rotatable bonds is 3. The number of nitrogens with zero attached hydrogens (tertiary/aromatic N) is 3. The molecule has 1 aliphatic carbocycles. The molecule has 96 valence electrons. The molecule has 2 fully saturated rings. The predicted octanol–water partition coefficient (Wildman–Crippen LogP) is 1.29. The Kier molecular flexibility index (Phi) is 4.01. The molecule has 17 heavy (non-hydrogen) atoms. The van der Waals surface area contributed by atoms with E-state index in [1.165, 1.54) is 12.8 Å². The smallest absolute Gasteiger partial charge is 0.229 e. The van der Waals surface area contributed by atoms with Crippen molar-refractivity contribution in [1.29, 1.82) is 0 Å². The van der Waals surface area contributed by atoms with Crippen LogP contribution in [0.5, 0.6) is 0 Å². The Balaban J connectivity index is 0.00000108. The van der Waals surface area contributed by atoms with Gasteiger partial charge in [0.05, 0.1) is 6.54 Å². The highest BCUT2D eigenvalue weighted by atomic mass is 35.5. The molecule has 1 aromatic rings. The summed E-state index contributed by atoms with van der Waals surface area (Å²) in [6, 6.07) is 0.378. The molecule has 0 amide bonds. The molecule has 0 bridgehead atoms. The van der Waals surface area contributed by atoms with Gasteiger partial charge in [-0.05, 0) is 25.7 Å². The van der Waals surface area contributed by atoms with Gasteiger partial charge in [-0.15, -0.1) is 12.4 Å². The minimum absolute atomic E-state index is 0. The first kappa shape index (κ1) is 12.8. The average molecular weight is 259 g/mol. The Morgan fingerprint density at radius 3 is 2.59 bits per heavy atom. The minimum atomic E-state index is 0. The first-order valence-corrected chi connectivity index (χ1v) is 6.11. The molecule has 1 saturated carbocycles. The zero-order chi connectivity index (χ0) is 11.0. The van der Waals surface area contributed by atoms with Gasteiger partial charge in [-0.1, -0.05) is 5.16 Å². The van der Waals surface area contributed by atoms with Crippen molar-refractivity contribution in [3.05, 3.63) is 11.7 Å². The topological polar surface area (TPSA) is 68.2 Å². The summed E-state index contributed by atoms with van der Waals surface area (Å²) < 4.78 is 5.24. The Morgan fingerprint density at radius 2 is 1.94 bits per heavy atom. The Labute approximate surface area is 107 Å². The second-order valence-electron chi connectivity index (χ2n) is 4.94. The summed E-state index contributed by atoms with van der Waals surface area (Å²) in [7, 11) is 0. The van der Waals surface area contributed by atoms with Crippen LogP contribution in [0, 0.1) is 0 Å². The maximum atomic E-state index is 5.87. The van der Waals surface area contributed by atoms with E-state index in [0.717, 1.165) is 44.2 Å². The first-order valence-electron chi connectivity index (χ1n) is 6.11. The van der Waals surface area contributed by atoms with Crippen molar-refractivity contribution < 1.29 is 4.52 Å². The van der Waals surface area contributed by atoms with Gasteiger partial charge in [-0.25, -0.2) is 0 Å². The second kappa shape index (κ2) is 5.33. The molecule has 0 unspecified atom stereocenters. The molecule has 1 aromatic heterocycles. The minimum Gasteiger partial charge on any atom is -0.339 e. The summed E-state index contributed by atoms with van der Waals surface area (Å²) in [4.78, 5) is 6.79. The lowest BCUT2D eigenvalue weighted by Crippen LogP contribution is -2.39. The molecular formula is C11H19ClN4O. The van der Waals surface area contributed by atoms with Crippen molar-refractivity contribution in [2.24, 2.45) is 5.73 Å². The second-order valence-corrected chi connectivity index (χ2v) is 4.94. The first-order chi connectivity index (χ1) is 7.81. The van der Waals surface area contributed by atoms with E-state index >= 15 is 0 Å². The largest absolute Gasteiger partial charge is 0.339 e. The molecule has 2 aliphatic rings. The normalized spacial score (nSPS) is 22.4. The van der Waals surface area contributed by atoms with E-state index in [1.54, 1.807) is 0 Å². The van der Waals surface area contributed by atoms with Gasteiger partial charge in [-0.2, -0.15) is 4.98 Å². The molecule has 2 N–H and O–H groups in total. The van der Waals surface area contributed by atoms with Crippen LogP contribution in [0.1, 0.15) is 43.3 Å². The van der Waals surface area contributed by atoms with Crippen LogP contribution in [0.25, 0.3) is 0 Å². The standard InChI is InChI=1S/C11H18N4O.ClH/c12-9-3-5-15(6-4-9)7-10-13-11(16-14-10)8-1-2-8;/h8-9H,1-7,12H2;1H. The number of piperidine rings is 1. The maximum absolute atomic E-state index is 5.87. The van der Waals surface area contributed by atoms with E-state index in [1.807, 2.05) is 0 Å². The third-order valence-electron chi connectivity index (χ3n) is 3.41. The lowest BCUT2D eigenvalue weighted by atomic mass is 10.1. The predicted molar refractivity (Wildman–Crippen MR) is 66.0 cm³/mol. The molecule has 3 rings (SSSR count). The monoisotopic (exact) mass is 258 g/mol. The van der Waals surface area contributed by atoms with Crippen LogP contribution in [0.2, 0.25) is 0 Å². The SMILES string of the molecule is Cl.NC1CCN(Cc2noc(C3CC3)n2)CC1. The fourth-order valence-corrected chi connectivity index (χ4v) is 2.14. The van der Waals surface area contributed by atoms with E-state index in [9.17, 15) is 0 Å². The third-order valence-corrected chi connectivity index (χ3v) is 3.41. The van der Waals surface area contributed by atoms with Gasteiger partial charge in [0.15, 0.2) is 5.82 Å². The molecule has 0 atom stereocenters. The van der Waals surface area contributed by atoms with Crippen molar-refractivity contribution in [3.8, 4) is 0 Å². The number of nitrogens with two attached hydrogens (primary N) is 1. The average Bonchev–Trinajstić information content (AvgIpc) is 3.04. The highest BCUT2D eigenvalue weighted by Crippen LogP contribution is 2.38. The summed E-state index contributed by atoms with van der Waals surface area (Å²) in [5.74, 6) is 2.22. The summed E-state index contributed by atoms with van der Waals surface area (Å²) in [5.41, 5.74) is 5.87. The molecule has 0 aromatic carbocycles. The molecule has 0 spiro atoms. The van der Waals surface area contributed by atoms with Crippen LogP contribution in [0.15, 0.2) is 4.52 Å². The lowest BCUT2D eigenvalue weighted by molar-refractivity contribution is 0.199. The molecule has 1 aliphatic heterocycles. The molecule has 0 radical (unpaired) electrons. The highest BCUT2D eigenvalue weighted by Gasteiger charge is 2.29. The van der Waals surface area contributed by atoms with E-state index < -0.39 is 0 Å². The van der Waals surface area contributed by atoms with Gasteiger partial charge in [0.25, 0.3) is 0 Å². The number of halogens is 1. The van der Waals surface area contributed by atoms with Gasteiger partial charge in [0.1, 0.15) is 0 Å². The van der Waals surface area contributed by atoms with Crippen molar-refractivity contribution in [2.45, 2.75) is 44.2 Å². The van der Waals surface area contributed by atoms with Crippen LogP contribution in [0.3, 0.4) is 0 Å². The zero-order valence-electron chi connectivity index (χ0n) is 9.84. The number of hydrogen-bond acceptors (Lipinski definition) is 5. The zero-order valence-corrected chi connectivity index (χ0v) is 10.7. The maximum Gasteiger partial charge on any atom is 0.229 e. The van der Waals surface area contributed by atoms with Gasteiger partial charge in [0, 0.05) is 25.0 Å². The summed E-state index contributed by atoms with van der Waals surface area (Å²) >= 11 is 0. The Bertz CT molecular complexity index is 358. The summed E-state index contributed by atoms with van der Waals surface area (Å²) in [6.07, 6.45) is 4.57. The molecular weight excluding hydrogens is 240 g/mol. The van der Waals surface area contributed by atoms with E-state index in [2.05, 4.69) is 15.0 Å². The van der Waals surface area contributed by atoms with E-state index in [-0.39, 0.29) is 12.4 Å². The van der Waals surface area contributed by atoms with Crippen LogP contribution >= 0.6 is 12.4 Å². The quantitative estimate of drug-likeness (QED) is 0.885. The van der Waals surface area contributed by atoms with E-state index in [4.69, 9.17) is 10.3 Å². The Morgan fingerprint density at radius 1 is 1.24 bits per heavy atom. The molecule has 1 saturated heterocycles. The number of likely N-dealkylation sites (tertiary alicyclic amines) is 1. The summed E-state index contributed by atoms with van der Waals surface area (Å²) in [5, 5.41) is 4.03. The van der Waals surface area contributed by atoms with Crippen molar-refractivity contribution in [1.82, 2.24) is 15.0 Å². The van der Waals surface area contributed by atoms with Crippen LogP contribution in [-0.2, 0) is 6.54 Å². The van der Waals surface area contributed by atoms with Gasteiger partial charge in [0.2, 0.25) is 5.89 Å². The Hall–Kier alpha value is -0.650. The lowest BCUT2D eigenvalue weighted by Gasteiger charge is -2.28. The fraction of sp³-hybridized carbons (Fsp3) is 0.818. The molecule has 6 heteroatoms. The summed E-state index contributed by atoms with van der Waals surface area (Å²) in [6.45, 7) is 2.91. The number of aromatic nitrogens is 2. The van der Waals surface area contributed by atoms with E-state index in [0.29, 0.717) is 12.0 Å². The fourth-order valence-electron chi connectivity index (χ4n) is 2.14. The van der Waals surface area contributed by atoms with Gasteiger partial charge in [-0.3, -0.25) is 4.90 Å². The molecule has 2 heterocycles. The molecule has 5 nitrogen and oxygen atoms in total. The van der Waals surface area contributed by atoms with Gasteiger partial charge < -0.3 is 10.3 Å². The van der Waals surface area contributed by atoms with Crippen molar-refractivity contribution in [2.75, 3.05) is 13.1 Å². The van der Waals surface area contributed by atoms with Crippen molar-refractivity contribution >= 4 is 12.4 Å². The third kappa shape index (κ3) is 3.18.